The van der Waals surface area contributed by atoms with Crippen LogP contribution in [0.4, 0.5) is 0 Å². The number of methoxy groups -OCH3 is 2. The fourth-order valence-corrected chi connectivity index (χ4v) is 12.9. The number of allylic oxidation sites excluding steroid dienone is 6. The SMILES string of the molecule is CO[C@@H]1C[C@H](C[C@@H](C)[C@@H]2CC[C@](C)(C=O)/C=C(\C)[C@@H](O)[C@@H](OC)C(=O)[C@H](C)C\C(C)=C/C=C/C=C(\C)C(OCCc3ccccc3)C[C@@H]3CC[C@@H](C)[C@@](O)(O3)C(=O)C(=O)N3CCCCC3C(=O)O2)CC[C@H]1OCCCN1CCN(C)CC1. The van der Waals surface area contributed by atoms with Gasteiger partial charge in [-0.05, 0) is 153 Å². The number of likely N-dealkylation sites (N-methyl/N-ethyl adjacent to an activating group) is 1. The highest BCUT2D eigenvalue weighted by Gasteiger charge is 2.53. The van der Waals surface area contributed by atoms with Crippen molar-refractivity contribution in [3.8, 4) is 0 Å². The number of carbonyl (C=O) groups excluding carboxylic acids is 5. The molecule has 1 aliphatic carbocycles. The maximum atomic E-state index is 14.8. The highest BCUT2D eigenvalue weighted by molar-refractivity contribution is 6.39. The number of hydrogen-bond donors (Lipinski definition) is 2. The van der Waals surface area contributed by atoms with E-state index in [2.05, 4.69) is 16.8 Å². The predicted molar refractivity (Wildman–Crippen MR) is 317 cm³/mol. The van der Waals surface area contributed by atoms with Crippen molar-refractivity contribution in [1.82, 2.24) is 14.7 Å². The molecule has 16 heteroatoms. The van der Waals surface area contributed by atoms with Crippen LogP contribution in [0.25, 0.3) is 0 Å². The lowest BCUT2D eigenvalue weighted by Gasteiger charge is -2.43. The van der Waals surface area contributed by atoms with Crippen molar-refractivity contribution in [2.45, 2.75) is 199 Å². The maximum Gasteiger partial charge on any atom is 0.329 e. The van der Waals surface area contributed by atoms with Crippen LogP contribution in [0.3, 0.4) is 0 Å². The van der Waals surface area contributed by atoms with Crippen molar-refractivity contribution in [2.75, 3.05) is 73.7 Å². The third-order valence-corrected chi connectivity index (χ3v) is 18.4. The molecule has 82 heavy (non-hydrogen) atoms. The van der Waals surface area contributed by atoms with E-state index in [1.165, 1.54) is 12.0 Å². The lowest BCUT2D eigenvalue weighted by atomic mass is 9.77. The van der Waals surface area contributed by atoms with E-state index in [4.69, 9.17) is 28.4 Å². The molecule has 1 amide bonds. The standard InChI is InChI=1S/C66H101N3O13/c1-45-19-14-15-20-46(2)57(80-38-29-51-21-12-11-13-22-51)42-53-26-24-50(6)66(76,82-53)62(73)63(74)69-32-17-16-23-54(69)64(75)81-55(28-30-65(7,44-70)43-49(5)60(72)61(78-10)59(71)48(4)39-45)47(3)40-52-25-27-56(58(41-52)77-9)79-37-18-31-68-35-33-67(8)34-36-68/h11-15,19-22,43-44,47-48,50,52-58,60-61,72,76H,16-18,23-42H2,1-10H3/b15-14+,45-19-,46-20+,49-43+/t47-,48-,50-,52+,53+,54?,55+,56-,57?,58-,60-,61+,65+,66-/m1/s1. The summed E-state index contributed by atoms with van der Waals surface area (Å²) in [6, 6.07) is 8.92. The Labute approximate surface area is 490 Å². The van der Waals surface area contributed by atoms with E-state index in [9.17, 15) is 34.2 Å². The minimum absolute atomic E-state index is 0.0307. The summed E-state index contributed by atoms with van der Waals surface area (Å²) < 4.78 is 37.7. The van der Waals surface area contributed by atoms with Gasteiger partial charge in [0.05, 0.1) is 31.0 Å². The zero-order valence-electron chi connectivity index (χ0n) is 51.3. The second-order valence-corrected chi connectivity index (χ2v) is 25.1. The van der Waals surface area contributed by atoms with E-state index in [-0.39, 0.29) is 55.6 Å². The molecule has 1 saturated carbocycles. The van der Waals surface area contributed by atoms with Gasteiger partial charge in [-0.2, -0.15) is 0 Å². The van der Waals surface area contributed by atoms with Gasteiger partial charge in [0.2, 0.25) is 5.79 Å². The summed E-state index contributed by atoms with van der Waals surface area (Å²) in [4.78, 5) is 77.4. The topological polar surface area (TPSA) is 191 Å². The van der Waals surface area contributed by atoms with E-state index in [1.54, 1.807) is 34.0 Å². The Kier molecular flexibility index (Phi) is 26.4. The summed E-state index contributed by atoms with van der Waals surface area (Å²) in [6.45, 7) is 19.4. The second-order valence-electron chi connectivity index (χ2n) is 25.1. The number of benzene rings is 1. The largest absolute Gasteiger partial charge is 0.461 e. The van der Waals surface area contributed by atoms with Gasteiger partial charge in [-0.1, -0.05) is 87.1 Å². The van der Waals surface area contributed by atoms with Gasteiger partial charge in [0.15, 0.2) is 5.78 Å². The molecular weight excluding hydrogens is 1040 g/mol. The average Bonchev–Trinajstić information content (AvgIpc) is 3.67. The van der Waals surface area contributed by atoms with Gasteiger partial charge in [0.25, 0.3) is 11.7 Å². The molecule has 14 atom stereocenters. The van der Waals surface area contributed by atoms with Crippen molar-refractivity contribution in [1.29, 1.82) is 0 Å². The number of esters is 1. The minimum atomic E-state index is -2.45. The number of ketones is 2. The molecule has 4 heterocycles. The molecule has 4 aliphatic heterocycles. The van der Waals surface area contributed by atoms with Crippen molar-refractivity contribution >= 4 is 29.7 Å². The van der Waals surface area contributed by atoms with E-state index in [1.807, 2.05) is 82.3 Å². The molecule has 16 nitrogen and oxygen atoms in total. The van der Waals surface area contributed by atoms with Crippen LogP contribution >= 0.6 is 0 Å². The van der Waals surface area contributed by atoms with Crippen LogP contribution in [0.2, 0.25) is 0 Å². The molecule has 0 aromatic heterocycles. The van der Waals surface area contributed by atoms with Crippen molar-refractivity contribution in [3.63, 3.8) is 0 Å². The molecule has 1 aromatic carbocycles. The number of aliphatic hydroxyl groups excluding tert-OH is 1. The lowest BCUT2D eigenvalue weighted by molar-refractivity contribution is -0.266. The number of Topliss-reactive ketones (excluding diaryl/α,β-unsaturated/α-hetero) is 2. The normalized spacial score (nSPS) is 36.2. The molecule has 458 valence electrons. The zero-order chi connectivity index (χ0) is 59.6. The van der Waals surface area contributed by atoms with E-state index < -0.39 is 77.3 Å². The summed E-state index contributed by atoms with van der Waals surface area (Å²) >= 11 is 0. The molecule has 3 saturated heterocycles. The number of hydrogen-bond acceptors (Lipinski definition) is 15. The number of aldehydes is 1. The molecule has 2 N–H and O–H groups in total. The number of nitrogens with zero attached hydrogens (tertiary/aromatic N) is 3. The van der Waals surface area contributed by atoms with Gasteiger partial charge in [0.1, 0.15) is 30.6 Å². The number of rotatable bonds is 15. The number of fused-ring (bicyclic) bond motifs is 3. The molecular formula is C66H101N3O13. The second kappa shape index (κ2) is 32.3. The van der Waals surface area contributed by atoms with Crippen molar-refractivity contribution in [3.05, 3.63) is 83.0 Å². The van der Waals surface area contributed by atoms with Crippen LogP contribution in [-0.4, -0.2) is 183 Å². The molecule has 2 unspecified atom stereocenters. The van der Waals surface area contributed by atoms with Gasteiger partial charge in [0, 0.05) is 83.8 Å². The quantitative estimate of drug-likeness (QED) is 0.0558. The van der Waals surface area contributed by atoms with E-state index in [0.717, 1.165) is 81.4 Å². The number of cyclic esters (lactones) is 1. The fraction of sp³-hybridized carbons (Fsp3) is 0.712. The van der Waals surface area contributed by atoms with Crippen LogP contribution in [0.5, 0.6) is 0 Å². The number of piperazine rings is 1. The molecule has 0 spiro atoms. The molecule has 5 aliphatic rings. The molecule has 1 aromatic rings. The van der Waals surface area contributed by atoms with Crippen LogP contribution in [0.1, 0.15) is 144 Å². The Morgan fingerprint density at radius 2 is 1.56 bits per heavy atom. The zero-order valence-corrected chi connectivity index (χ0v) is 51.3. The first-order valence-corrected chi connectivity index (χ1v) is 30.8. The summed E-state index contributed by atoms with van der Waals surface area (Å²) in [6.07, 6.45) is 14.0. The Morgan fingerprint density at radius 3 is 2.27 bits per heavy atom. The van der Waals surface area contributed by atoms with Gasteiger partial charge in [-0.3, -0.25) is 14.4 Å². The molecule has 0 radical (unpaired) electrons. The maximum absolute atomic E-state index is 14.8. The Hall–Kier alpha value is -4.23. The van der Waals surface area contributed by atoms with Gasteiger partial charge < -0.3 is 58.1 Å². The first-order chi connectivity index (χ1) is 39.2. The number of aliphatic hydroxyl groups is 2. The van der Waals surface area contributed by atoms with Crippen LogP contribution in [0, 0.1) is 29.1 Å². The van der Waals surface area contributed by atoms with Gasteiger partial charge in [-0.25, -0.2) is 4.79 Å². The van der Waals surface area contributed by atoms with Crippen LogP contribution in [-0.2, 0) is 58.8 Å². The Morgan fingerprint density at radius 1 is 0.829 bits per heavy atom. The van der Waals surface area contributed by atoms with Gasteiger partial charge >= 0.3 is 5.97 Å². The number of ether oxygens (including phenoxy) is 6. The number of carbonyl (C=O) groups is 5. The lowest BCUT2D eigenvalue weighted by Crippen LogP contribution is -2.61. The fourth-order valence-electron chi connectivity index (χ4n) is 12.9. The molecule has 4 fully saturated rings. The highest BCUT2D eigenvalue weighted by Crippen LogP contribution is 2.39. The van der Waals surface area contributed by atoms with Crippen molar-refractivity contribution < 1.29 is 62.6 Å². The number of amides is 1. The minimum Gasteiger partial charge on any atom is -0.461 e. The predicted octanol–water partition coefficient (Wildman–Crippen LogP) is 8.60. The monoisotopic (exact) mass is 1140 g/mol. The van der Waals surface area contributed by atoms with E-state index >= 15 is 0 Å². The molecule has 6 rings (SSSR count). The number of piperidine rings is 1. The Bertz CT molecular complexity index is 2350. The summed E-state index contributed by atoms with van der Waals surface area (Å²) in [5, 5.41) is 24.1. The summed E-state index contributed by atoms with van der Waals surface area (Å²) in [5.74, 6) is -6.69. The molecule has 2 bridgehead atoms. The summed E-state index contributed by atoms with van der Waals surface area (Å²) in [7, 11) is 5.29. The van der Waals surface area contributed by atoms with Crippen LogP contribution < -0.4 is 0 Å². The van der Waals surface area contributed by atoms with Gasteiger partial charge in [-0.15, -0.1) is 0 Å². The van der Waals surface area contributed by atoms with Crippen LogP contribution in [0.15, 0.2) is 77.4 Å². The summed E-state index contributed by atoms with van der Waals surface area (Å²) in [5.41, 5.74) is 2.18. The Balaban J connectivity index is 1.27. The first kappa shape index (κ1) is 66.9. The first-order valence-electron chi connectivity index (χ1n) is 30.8. The van der Waals surface area contributed by atoms with E-state index in [0.29, 0.717) is 70.2 Å². The van der Waals surface area contributed by atoms with Crippen molar-refractivity contribution in [2.24, 2.45) is 29.1 Å². The average molecular weight is 1140 g/mol. The smallest absolute Gasteiger partial charge is 0.329 e. The third kappa shape index (κ3) is 18.9. The third-order valence-electron chi connectivity index (χ3n) is 18.4. The highest BCUT2D eigenvalue weighted by atomic mass is 16.6.